The molecule has 1 aromatic carbocycles. The number of nitrogens with one attached hydrogen (secondary N) is 1. The number of thioether (sulfide) groups is 1. The van der Waals surface area contributed by atoms with Gasteiger partial charge in [0.15, 0.2) is 0 Å². The van der Waals surface area contributed by atoms with Crippen molar-refractivity contribution in [3.05, 3.63) is 29.8 Å². The van der Waals surface area contributed by atoms with Gasteiger partial charge in [0, 0.05) is 24.1 Å². The van der Waals surface area contributed by atoms with Crippen LogP contribution in [0.1, 0.15) is 18.9 Å². The third-order valence-corrected chi connectivity index (χ3v) is 3.03. The Labute approximate surface area is 104 Å². The standard InChI is InChI=1S/C12H15NO3S/c1-9(14)13-11-4-2-10(3-5-11)8-17-7-6-12(15)16/h2-5H,6-8H2,1H3,(H,13,14)(H,15,16). The van der Waals surface area contributed by atoms with Crippen molar-refractivity contribution in [1.29, 1.82) is 0 Å². The van der Waals surface area contributed by atoms with Gasteiger partial charge >= 0.3 is 5.97 Å². The van der Waals surface area contributed by atoms with Crippen LogP contribution in [0, 0.1) is 0 Å². The maximum atomic E-state index is 10.8. The molecule has 1 amide bonds. The molecule has 0 fully saturated rings. The average Bonchev–Trinajstić information content (AvgIpc) is 2.25. The van der Waals surface area contributed by atoms with Gasteiger partial charge in [0.25, 0.3) is 0 Å². The molecule has 0 aliphatic heterocycles. The number of carboxylic acid groups (broad SMARTS) is 1. The number of benzene rings is 1. The fourth-order valence-electron chi connectivity index (χ4n) is 1.24. The molecule has 1 rings (SSSR count). The largest absolute Gasteiger partial charge is 0.481 e. The molecule has 5 heteroatoms. The Morgan fingerprint density at radius 1 is 1.29 bits per heavy atom. The van der Waals surface area contributed by atoms with Gasteiger partial charge in [-0.1, -0.05) is 12.1 Å². The van der Waals surface area contributed by atoms with E-state index in [1.165, 1.54) is 6.92 Å². The van der Waals surface area contributed by atoms with E-state index in [0.29, 0.717) is 5.75 Å². The van der Waals surface area contributed by atoms with Gasteiger partial charge in [0.1, 0.15) is 0 Å². The van der Waals surface area contributed by atoms with Crippen molar-refractivity contribution in [1.82, 2.24) is 0 Å². The first-order valence-corrected chi connectivity index (χ1v) is 6.39. The Hall–Kier alpha value is -1.49. The van der Waals surface area contributed by atoms with Crippen LogP contribution in [0.15, 0.2) is 24.3 Å². The predicted octanol–water partition coefficient (Wildman–Crippen LogP) is 2.35. The number of carbonyl (C=O) groups is 2. The normalized spacial score (nSPS) is 9.94. The molecule has 0 radical (unpaired) electrons. The summed E-state index contributed by atoms with van der Waals surface area (Å²) in [6.45, 7) is 1.47. The van der Waals surface area contributed by atoms with E-state index in [2.05, 4.69) is 5.32 Å². The number of anilines is 1. The molecule has 4 nitrogen and oxygen atoms in total. The van der Waals surface area contributed by atoms with E-state index in [0.717, 1.165) is 17.0 Å². The second-order valence-electron chi connectivity index (χ2n) is 3.57. The van der Waals surface area contributed by atoms with Gasteiger partial charge in [-0.05, 0) is 17.7 Å². The van der Waals surface area contributed by atoms with E-state index < -0.39 is 5.97 Å². The van der Waals surface area contributed by atoms with Gasteiger partial charge in [-0.2, -0.15) is 11.8 Å². The summed E-state index contributed by atoms with van der Waals surface area (Å²) >= 11 is 1.59. The number of carbonyl (C=O) groups excluding carboxylic acids is 1. The van der Waals surface area contributed by atoms with Crippen LogP contribution in [-0.4, -0.2) is 22.7 Å². The molecule has 92 valence electrons. The fraction of sp³-hybridized carbons (Fsp3) is 0.333. The molecule has 0 unspecified atom stereocenters. The molecule has 0 heterocycles. The lowest BCUT2D eigenvalue weighted by molar-refractivity contribution is -0.136. The Balaban J connectivity index is 2.35. The van der Waals surface area contributed by atoms with Crippen LogP contribution < -0.4 is 5.32 Å². The summed E-state index contributed by atoms with van der Waals surface area (Å²) in [5.74, 6) is 0.545. The first-order valence-electron chi connectivity index (χ1n) is 5.24. The van der Waals surface area contributed by atoms with Gasteiger partial charge in [-0.3, -0.25) is 9.59 Å². The van der Waals surface area contributed by atoms with E-state index in [1.807, 2.05) is 24.3 Å². The smallest absolute Gasteiger partial charge is 0.304 e. The van der Waals surface area contributed by atoms with Crippen molar-refractivity contribution in [2.24, 2.45) is 0 Å². The van der Waals surface area contributed by atoms with E-state index in [9.17, 15) is 9.59 Å². The third kappa shape index (κ3) is 5.97. The minimum Gasteiger partial charge on any atom is -0.481 e. The van der Waals surface area contributed by atoms with Crippen LogP contribution in [0.4, 0.5) is 5.69 Å². The topological polar surface area (TPSA) is 66.4 Å². The predicted molar refractivity (Wildman–Crippen MR) is 69.2 cm³/mol. The minimum atomic E-state index is -0.765. The van der Waals surface area contributed by atoms with Crippen LogP contribution >= 0.6 is 11.8 Å². The zero-order valence-corrected chi connectivity index (χ0v) is 10.4. The highest BCUT2D eigenvalue weighted by Gasteiger charge is 1.99. The van der Waals surface area contributed by atoms with Crippen molar-refractivity contribution in [2.45, 2.75) is 19.1 Å². The molecule has 17 heavy (non-hydrogen) atoms. The maximum absolute atomic E-state index is 10.8. The van der Waals surface area contributed by atoms with Crippen LogP contribution in [0.3, 0.4) is 0 Å². The number of carboxylic acids is 1. The first-order chi connectivity index (χ1) is 8.08. The molecule has 0 aromatic heterocycles. The number of hydrogen-bond acceptors (Lipinski definition) is 3. The molecule has 0 saturated carbocycles. The van der Waals surface area contributed by atoms with E-state index in [1.54, 1.807) is 11.8 Å². The first kappa shape index (κ1) is 13.6. The molecule has 0 spiro atoms. The lowest BCUT2D eigenvalue weighted by atomic mass is 10.2. The molecule has 2 N–H and O–H groups in total. The van der Waals surface area contributed by atoms with Crippen LogP contribution in [0.25, 0.3) is 0 Å². The summed E-state index contributed by atoms with van der Waals surface area (Å²) < 4.78 is 0. The Bertz CT molecular complexity index is 389. The second-order valence-corrected chi connectivity index (χ2v) is 4.68. The van der Waals surface area contributed by atoms with Gasteiger partial charge < -0.3 is 10.4 Å². The molecular formula is C12H15NO3S. The lowest BCUT2D eigenvalue weighted by Gasteiger charge is -2.04. The van der Waals surface area contributed by atoms with Gasteiger partial charge in [0.05, 0.1) is 6.42 Å². The monoisotopic (exact) mass is 253 g/mol. The summed E-state index contributed by atoms with van der Waals surface area (Å²) in [4.78, 5) is 21.1. The van der Waals surface area contributed by atoms with E-state index >= 15 is 0 Å². The summed E-state index contributed by atoms with van der Waals surface area (Å²) in [6.07, 6.45) is 0.189. The van der Waals surface area contributed by atoms with Gasteiger partial charge in [-0.15, -0.1) is 0 Å². The van der Waals surface area contributed by atoms with Crippen LogP contribution in [0.5, 0.6) is 0 Å². The Kier molecular flexibility index (Phi) is 5.56. The highest BCUT2D eigenvalue weighted by molar-refractivity contribution is 7.98. The van der Waals surface area contributed by atoms with Crippen LogP contribution in [0.2, 0.25) is 0 Å². The van der Waals surface area contributed by atoms with Gasteiger partial charge in [-0.25, -0.2) is 0 Å². The third-order valence-electron chi connectivity index (χ3n) is 2.00. The zero-order valence-electron chi connectivity index (χ0n) is 9.60. The number of amides is 1. The Morgan fingerprint density at radius 2 is 1.94 bits per heavy atom. The summed E-state index contributed by atoms with van der Waals surface area (Å²) in [5, 5.41) is 11.2. The highest BCUT2D eigenvalue weighted by atomic mass is 32.2. The molecular weight excluding hydrogens is 238 g/mol. The molecule has 0 atom stereocenters. The van der Waals surface area contributed by atoms with Crippen LogP contribution in [-0.2, 0) is 15.3 Å². The summed E-state index contributed by atoms with van der Waals surface area (Å²) in [7, 11) is 0. The van der Waals surface area contributed by atoms with Crippen molar-refractivity contribution < 1.29 is 14.7 Å². The quantitative estimate of drug-likeness (QED) is 0.764. The van der Waals surface area contributed by atoms with E-state index in [-0.39, 0.29) is 12.3 Å². The number of hydrogen-bond donors (Lipinski definition) is 2. The molecule has 0 aliphatic carbocycles. The average molecular weight is 253 g/mol. The Morgan fingerprint density at radius 3 is 2.47 bits per heavy atom. The van der Waals surface area contributed by atoms with Crippen molar-refractivity contribution in [3.63, 3.8) is 0 Å². The molecule has 0 saturated heterocycles. The molecule has 1 aromatic rings. The van der Waals surface area contributed by atoms with E-state index in [4.69, 9.17) is 5.11 Å². The van der Waals surface area contributed by atoms with Gasteiger partial charge in [0.2, 0.25) is 5.91 Å². The fourth-order valence-corrected chi connectivity index (χ4v) is 2.13. The number of rotatable bonds is 6. The minimum absolute atomic E-state index is 0.0893. The zero-order chi connectivity index (χ0) is 12.7. The molecule has 0 aliphatic rings. The second kappa shape index (κ2) is 6.96. The summed E-state index contributed by atoms with van der Waals surface area (Å²) in [6, 6.07) is 7.54. The highest BCUT2D eigenvalue weighted by Crippen LogP contribution is 2.16. The van der Waals surface area contributed by atoms with Crippen molar-refractivity contribution >= 4 is 29.3 Å². The molecule has 0 bridgehead atoms. The maximum Gasteiger partial charge on any atom is 0.304 e. The number of aliphatic carboxylic acids is 1. The van der Waals surface area contributed by atoms with Crippen molar-refractivity contribution in [2.75, 3.05) is 11.1 Å². The van der Waals surface area contributed by atoms with Crippen molar-refractivity contribution in [3.8, 4) is 0 Å². The summed E-state index contributed by atoms with van der Waals surface area (Å²) in [5.41, 5.74) is 1.89. The SMILES string of the molecule is CC(=O)Nc1ccc(CSCCC(=O)O)cc1. The lowest BCUT2D eigenvalue weighted by Crippen LogP contribution is -2.05.